The lowest BCUT2D eigenvalue weighted by Gasteiger charge is -2.07. The topological polar surface area (TPSA) is 124 Å². The van der Waals surface area contributed by atoms with E-state index in [1.165, 1.54) is 18.1 Å². The number of methoxy groups -OCH3 is 1. The van der Waals surface area contributed by atoms with Crippen molar-refractivity contribution in [1.82, 2.24) is 4.90 Å². The fourth-order valence-electron chi connectivity index (χ4n) is 3.38. The third-order valence-corrected chi connectivity index (χ3v) is 6.21. The average molecular weight is 508 g/mol. The fourth-order valence-corrected chi connectivity index (χ4v) is 4.35. The van der Waals surface area contributed by atoms with Crippen LogP contribution in [0.15, 0.2) is 68.9 Å². The Bertz CT molecular complexity index is 1410. The highest BCUT2D eigenvalue weighted by Gasteiger charge is 2.31. The molecule has 0 aliphatic carbocycles. The molecular weight excluding hydrogens is 486 g/mol. The Morgan fingerprint density at radius 2 is 2.03 bits per heavy atom. The number of nitrogens with zero attached hydrogens (tertiary/aromatic N) is 3. The monoisotopic (exact) mass is 507 g/mol. The minimum atomic E-state index is -0.510. The van der Waals surface area contributed by atoms with Crippen LogP contribution in [0.25, 0.3) is 17.4 Å². The molecule has 36 heavy (non-hydrogen) atoms. The lowest BCUT2D eigenvalue weighted by Crippen LogP contribution is -2.23. The first-order valence-corrected chi connectivity index (χ1v) is 11.6. The molecule has 0 bridgehead atoms. The van der Waals surface area contributed by atoms with Crippen molar-refractivity contribution in [3.63, 3.8) is 0 Å². The summed E-state index contributed by atoms with van der Waals surface area (Å²) >= 11 is 1.15. The van der Waals surface area contributed by atoms with E-state index < -0.39 is 10.9 Å². The van der Waals surface area contributed by atoms with Crippen LogP contribution in [0.2, 0.25) is 0 Å². The van der Waals surface area contributed by atoms with Crippen molar-refractivity contribution in [3.8, 4) is 17.1 Å². The van der Waals surface area contributed by atoms with E-state index in [1.807, 2.05) is 0 Å². The molecule has 10 nitrogen and oxygen atoms in total. The highest BCUT2D eigenvalue weighted by molar-refractivity contribution is 8.18. The van der Waals surface area contributed by atoms with Crippen LogP contribution in [0, 0.1) is 10.1 Å². The molecule has 184 valence electrons. The molecule has 0 saturated carbocycles. The van der Waals surface area contributed by atoms with Gasteiger partial charge in [0.2, 0.25) is 0 Å². The molecule has 4 rings (SSSR count). The number of aliphatic imine (C=N–C) groups is 1. The normalized spacial score (nSPS) is 15.5. The number of rotatable bonds is 7. The molecule has 0 unspecified atom stereocenters. The first kappa shape index (κ1) is 24.7. The number of ether oxygens (including phenoxy) is 2. The van der Waals surface area contributed by atoms with E-state index in [0.29, 0.717) is 32.8 Å². The molecule has 3 aromatic rings. The van der Waals surface area contributed by atoms with E-state index >= 15 is 0 Å². The molecule has 1 aliphatic rings. The predicted molar refractivity (Wildman–Crippen MR) is 135 cm³/mol. The molecule has 1 amide bonds. The van der Waals surface area contributed by atoms with Crippen LogP contribution in [0.4, 0.5) is 11.4 Å². The van der Waals surface area contributed by atoms with Gasteiger partial charge in [-0.25, -0.2) is 9.79 Å². The summed E-state index contributed by atoms with van der Waals surface area (Å²) in [5.74, 6) is 0.257. The zero-order chi connectivity index (χ0) is 25.8. The molecule has 0 N–H and O–H groups in total. The number of nitro benzene ring substituents is 1. The van der Waals surface area contributed by atoms with Crippen molar-refractivity contribution in [1.29, 1.82) is 0 Å². The first-order chi connectivity index (χ1) is 17.3. The second-order valence-corrected chi connectivity index (χ2v) is 8.49. The maximum absolute atomic E-state index is 12.8. The largest absolute Gasteiger partial charge is 0.497 e. The summed E-state index contributed by atoms with van der Waals surface area (Å²) in [4.78, 5) is 42.1. The summed E-state index contributed by atoms with van der Waals surface area (Å²) in [5.41, 5.74) is 0.989. The van der Waals surface area contributed by atoms with Gasteiger partial charge in [-0.1, -0.05) is 6.07 Å². The molecule has 2 aromatic carbocycles. The standard InChI is InChI=1S/C25H21N3O7S/c1-4-34-24(30)15-6-5-7-16(12-15)26-25-27(2)23(29)22(36-25)14-18-9-11-21(35-18)19-10-8-17(33-3)13-20(19)28(31)32/h5-14H,4H2,1-3H3. The van der Waals surface area contributed by atoms with E-state index in [0.717, 1.165) is 11.8 Å². The first-order valence-electron chi connectivity index (χ1n) is 10.8. The smallest absolute Gasteiger partial charge is 0.338 e. The number of nitro groups is 1. The van der Waals surface area contributed by atoms with E-state index in [4.69, 9.17) is 13.9 Å². The van der Waals surface area contributed by atoms with Crippen LogP contribution in [0.3, 0.4) is 0 Å². The molecule has 0 spiro atoms. The zero-order valence-corrected chi connectivity index (χ0v) is 20.4. The Hall–Kier alpha value is -4.38. The summed E-state index contributed by atoms with van der Waals surface area (Å²) in [7, 11) is 3.02. The second-order valence-electron chi connectivity index (χ2n) is 7.48. The number of amides is 1. The van der Waals surface area contributed by atoms with Crippen LogP contribution in [0.5, 0.6) is 5.75 Å². The summed E-state index contributed by atoms with van der Waals surface area (Å²) in [5, 5.41) is 11.9. The third kappa shape index (κ3) is 5.15. The lowest BCUT2D eigenvalue weighted by atomic mass is 10.1. The molecule has 1 aliphatic heterocycles. The highest BCUT2D eigenvalue weighted by Crippen LogP contribution is 2.37. The van der Waals surface area contributed by atoms with Gasteiger partial charge in [-0.05, 0) is 61.2 Å². The van der Waals surface area contributed by atoms with Gasteiger partial charge in [0, 0.05) is 13.1 Å². The summed E-state index contributed by atoms with van der Waals surface area (Å²) in [6, 6.07) is 14.3. The van der Waals surface area contributed by atoms with Gasteiger partial charge < -0.3 is 13.9 Å². The number of likely N-dealkylation sites (N-methyl/N-ethyl adjacent to an activating group) is 1. The van der Waals surface area contributed by atoms with Crippen LogP contribution < -0.4 is 4.74 Å². The van der Waals surface area contributed by atoms with E-state index in [-0.39, 0.29) is 29.5 Å². The van der Waals surface area contributed by atoms with Gasteiger partial charge in [0.1, 0.15) is 17.3 Å². The number of hydrogen-bond acceptors (Lipinski definition) is 9. The van der Waals surface area contributed by atoms with Gasteiger partial charge in [-0.2, -0.15) is 0 Å². The number of carbonyl (C=O) groups is 2. The number of furan rings is 1. The van der Waals surface area contributed by atoms with Gasteiger partial charge in [-0.3, -0.25) is 19.8 Å². The molecule has 11 heteroatoms. The van der Waals surface area contributed by atoms with Crippen molar-refractivity contribution < 1.29 is 28.4 Å². The Morgan fingerprint density at radius 1 is 1.22 bits per heavy atom. The van der Waals surface area contributed by atoms with Gasteiger partial charge in [0.05, 0.1) is 46.4 Å². The Kier molecular flexibility index (Phi) is 7.20. The summed E-state index contributed by atoms with van der Waals surface area (Å²) in [6.45, 7) is 1.99. The predicted octanol–water partition coefficient (Wildman–Crippen LogP) is 5.27. The number of amidine groups is 1. The van der Waals surface area contributed by atoms with Gasteiger partial charge in [0.25, 0.3) is 11.6 Å². The number of benzene rings is 2. The van der Waals surface area contributed by atoms with Crippen molar-refractivity contribution in [3.05, 3.63) is 80.9 Å². The Labute approximate surface area is 210 Å². The van der Waals surface area contributed by atoms with Crippen molar-refractivity contribution >= 4 is 46.3 Å². The molecule has 0 atom stereocenters. The Morgan fingerprint density at radius 3 is 2.75 bits per heavy atom. The zero-order valence-electron chi connectivity index (χ0n) is 19.6. The molecule has 0 radical (unpaired) electrons. The van der Waals surface area contributed by atoms with E-state index in [9.17, 15) is 19.7 Å². The minimum Gasteiger partial charge on any atom is -0.497 e. The molecular formula is C25H21N3O7S. The van der Waals surface area contributed by atoms with Crippen LogP contribution in [-0.2, 0) is 9.53 Å². The van der Waals surface area contributed by atoms with E-state index in [1.54, 1.807) is 68.6 Å². The third-order valence-electron chi connectivity index (χ3n) is 5.15. The van der Waals surface area contributed by atoms with Crippen LogP contribution in [0.1, 0.15) is 23.0 Å². The average Bonchev–Trinajstić information content (AvgIpc) is 3.44. The highest BCUT2D eigenvalue weighted by atomic mass is 32.2. The quantitative estimate of drug-likeness (QED) is 0.183. The number of esters is 1. The van der Waals surface area contributed by atoms with Gasteiger partial charge >= 0.3 is 5.97 Å². The Balaban J connectivity index is 1.59. The van der Waals surface area contributed by atoms with Crippen LogP contribution in [-0.4, -0.2) is 47.6 Å². The van der Waals surface area contributed by atoms with Crippen molar-refractivity contribution in [2.75, 3.05) is 20.8 Å². The summed E-state index contributed by atoms with van der Waals surface area (Å²) < 4.78 is 15.9. The fraction of sp³-hybridized carbons (Fsp3) is 0.160. The summed E-state index contributed by atoms with van der Waals surface area (Å²) in [6.07, 6.45) is 1.56. The van der Waals surface area contributed by atoms with Gasteiger partial charge in [-0.15, -0.1) is 0 Å². The van der Waals surface area contributed by atoms with Crippen molar-refractivity contribution in [2.45, 2.75) is 6.92 Å². The van der Waals surface area contributed by atoms with Crippen LogP contribution >= 0.6 is 11.8 Å². The number of hydrogen-bond donors (Lipinski definition) is 0. The maximum atomic E-state index is 12.8. The van der Waals surface area contributed by atoms with Crippen molar-refractivity contribution in [2.24, 2.45) is 4.99 Å². The SMILES string of the molecule is CCOC(=O)c1cccc(N=C2SC(=Cc3ccc(-c4ccc(OC)cc4[N+](=O)[O-])o3)C(=O)N2C)c1. The minimum absolute atomic E-state index is 0.159. The lowest BCUT2D eigenvalue weighted by molar-refractivity contribution is -0.384. The number of carbonyl (C=O) groups excluding carboxylic acids is 2. The van der Waals surface area contributed by atoms with Gasteiger partial charge in [0.15, 0.2) is 5.17 Å². The molecule has 1 aromatic heterocycles. The molecule has 1 saturated heterocycles. The number of thioether (sulfide) groups is 1. The molecule has 2 heterocycles. The molecule has 1 fully saturated rings. The second kappa shape index (κ2) is 10.5. The van der Waals surface area contributed by atoms with E-state index in [2.05, 4.69) is 4.99 Å². The maximum Gasteiger partial charge on any atom is 0.338 e.